The predicted molar refractivity (Wildman–Crippen MR) is 87.6 cm³/mol. The minimum atomic E-state index is 0.453. The number of para-hydroxylation sites is 1. The molecule has 0 amide bonds. The summed E-state index contributed by atoms with van der Waals surface area (Å²) in [6.45, 7) is 4.08. The van der Waals surface area contributed by atoms with E-state index < -0.39 is 0 Å². The lowest BCUT2D eigenvalue weighted by Crippen LogP contribution is -2.23. The Kier molecular flexibility index (Phi) is 4.51. The fourth-order valence-corrected chi connectivity index (χ4v) is 2.90. The van der Waals surface area contributed by atoms with E-state index in [4.69, 9.17) is 0 Å². The molecule has 3 heteroatoms. The maximum absolute atomic E-state index is 4.36. The smallest absolute Gasteiger partial charge is 0.0388 e. The molecular formula is C18H23N3. The van der Waals surface area contributed by atoms with Crippen molar-refractivity contribution in [1.82, 2.24) is 10.3 Å². The van der Waals surface area contributed by atoms with Crippen molar-refractivity contribution in [1.29, 1.82) is 0 Å². The van der Waals surface area contributed by atoms with Crippen LogP contribution in [0.2, 0.25) is 0 Å². The molecule has 110 valence electrons. The number of fused-ring (bicyclic) bond motifs is 1. The molecule has 0 aliphatic carbocycles. The summed E-state index contributed by atoms with van der Waals surface area (Å²) in [4.78, 5) is 4.36. The van der Waals surface area contributed by atoms with Crippen LogP contribution < -0.4 is 10.6 Å². The third-order valence-corrected chi connectivity index (χ3v) is 4.10. The van der Waals surface area contributed by atoms with E-state index in [0.29, 0.717) is 6.04 Å². The number of anilines is 1. The first-order chi connectivity index (χ1) is 10.3. The van der Waals surface area contributed by atoms with E-state index >= 15 is 0 Å². The van der Waals surface area contributed by atoms with Gasteiger partial charge in [0, 0.05) is 30.2 Å². The van der Waals surface area contributed by atoms with Gasteiger partial charge in [-0.1, -0.05) is 24.3 Å². The highest BCUT2D eigenvalue weighted by Gasteiger charge is 2.17. The van der Waals surface area contributed by atoms with Gasteiger partial charge in [-0.3, -0.25) is 4.98 Å². The quantitative estimate of drug-likeness (QED) is 0.901. The Hall–Kier alpha value is -1.87. The maximum atomic E-state index is 4.36. The van der Waals surface area contributed by atoms with Crippen LogP contribution in [0.5, 0.6) is 0 Å². The van der Waals surface area contributed by atoms with Crippen molar-refractivity contribution < 1.29 is 0 Å². The van der Waals surface area contributed by atoms with Gasteiger partial charge in [-0.2, -0.15) is 0 Å². The van der Waals surface area contributed by atoms with Gasteiger partial charge in [0.15, 0.2) is 0 Å². The summed E-state index contributed by atoms with van der Waals surface area (Å²) in [5.41, 5.74) is 5.06. The zero-order valence-electron chi connectivity index (χ0n) is 12.6. The first-order valence-corrected chi connectivity index (χ1v) is 7.80. The largest absolute Gasteiger partial charge is 0.385 e. The summed E-state index contributed by atoms with van der Waals surface area (Å²) in [5, 5.41) is 7.23. The summed E-state index contributed by atoms with van der Waals surface area (Å²) in [6, 6.07) is 13.4. The summed E-state index contributed by atoms with van der Waals surface area (Å²) < 4.78 is 0. The molecule has 2 N–H and O–H groups in total. The van der Waals surface area contributed by atoms with Crippen molar-refractivity contribution in [2.24, 2.45) is 0 Å². The van der Waals surface area contributed by atoms with E-state index in [-0.39, 0.29) is 0 Å². The Morgan fingerprint density at radius 2 is 2.14 bits per heavy atom. The van der Waals surface area contributed by atoms with Crippen LogP contribution in [0.15, 0.2) is 42.6 Å². The Morgan fingerprint density at radius 3 is 3.00 bits per heavy atom. The number of aromatic nitrogens is 1. The Balaban J connectivity index is 1.61. The summed E-state index contributed by atoms with van der Waals surface area (Å²) in [5.74, 6) is 0. The predicted octanol–water partition coefficient (Wildman–Crippen LogP) is 3.47. The molecule has 1 aromatic carbocycles. The molecule has 1 aromatic heterocycles. The van der Waals surface area contributed by atoms with Gasteiger partial charge in [-0.05, 0) is 56.0 Å². The van der Waals surface area contributed by atoms with Gasteiger partial charge in [0.05, 0.1) is 0 Å². The van der Waals surface area contributed by atoms with Crippen LogP contribution in [0.25, 0.3) is 0 Å². The van der Waals surface area contributed by atoms with Gasteiger partial charge in [-0.15, -0.1) is 0 Å². The van der Waals surface area contributed by atoms with Crippen LogP contribution in [-0.2, 0) is 6.42 Å². The van der Waals surface area contributed by atoms with Gasteiger partial charge in [-0.25, -0.2) is 0 Å². The zero-order chi connectivity index (χ0) is 14.5. The molecule has 0 fully saturated rings. The highest BCUT2D eigenvalue weighted by molar-refractivity contribution is 5.53. The minimum absolute atomic E-state index is 0.453. The van der Waals surface area contributed by atoms with Gasteiger partial charge in [0.25, 0.3) is 0 Å². The van der Waals surface area contributed by atoms with Gasteiger partial charge in [0.2, 0.25) is 0 Å². The van der Waals surface area contributed by atoms with Crippen LogP contribution in [0, 0.1) is 6.92 Å². The molecular weight excluding hydrogens is 258 g/mol. The van der Waals surface area contributed by atoms with Crippen LogP contribution in [-0.4, -0.2) is 18.1 Å². The number of hydrogen-bond donors (Lipinski definition) is 2. The van der Waals surface area contributed by atoms with Gasteiger partial charge in [0.1, 0.15) is 0 Å². The number of pyridine rings is 1. The van der Waals surface area contributed by atoms with E-state index in [0.717, 1.165) is 25.2 Å². The second kappa shape index (κ2) is 6.72. The van der Waals surface area contributed by atoms with Crippen LogP contribution in [0.1, 0.15) is 35.7 Å². The van der Waals surface area contributed by atoms with Crippen LogP contribution >= 0.6 is 0 Å². The molecule has 21 heavy (non-hydrogen) atoms. The second-order valence-electron chi connectivity index (χ2n) is 5.72. The fourth-order valence-electron chi connectivity index (χ4n) is 2.90. The molecule has 0 saturated carbocycles. The molecule has 0 bridgehead atoms. The number of hydrogen-bond acceptors (Lipinski definition) is 3. The third kappa shape index (κ3) is 3.61. The summed E-state index contributed by atoms with van der Waals surface area (Å²) >= 11 is 0. The third-order valence-electron chi connectivity index (χ3n) is 4.10. The van der Waals surface area contributed by atoms with Crippen molar-refractivity contribution in [2.45, 2.75) is 32.2 Å². The average molecular weight is 281 g/mol. The molecule has 1 unspecified atom stereocenters. The standard InChI is InChI=1S/C18H23N3/c1-14-8-9-15(13-21-14)10-12-20-18-7-4-11-19-17-6-3-2-5-16(17)18/h2-3,5-6,8-9,13,18-20H,4,7,10-12H2,1H3. The van der Waals surface area contributed by atoms with Crippen molar-refractivity contribution in [3.63, 3.8) is 0 Å². The lowest BCUT2D eigenvalue weighted by atomic mass is 10.0. The molecule has 3 rings (SSSR count). The number of nitrogens with zero attached hydrogens (tertiary/aromatic N) is 1. The van der Waals surface area contributed by atoms with E-state index in [9.17, 15) is 0 Å². The van der Waals surface area contributed by atoms with E-state index in [2.05, 4.69) is 52.0 Å². The van der Waals surface area contributed by atoms with Crippen molar-refractivity contribution in [2.75, 3.05) is 18.4 Å². The molecule has 3 nitrogen and oxygen atoms in total. The maximum Gasteiger partial charge on any atom is 0.0388 e. The Labute approximate surface area is 126 Å². The molecule has 2 aromatic rings. The number of nitrogens with one attached hydrogen (secondary N) is 2. The lowest BCUT2D eigenvalue weighted by Gasteiger charge is -2.19. The lowest BCUT2D eigenvalue weighted by molar-refractivity contribution is 0.501. The molecule has 0 spiro atoms. The fraction of sp³-hybridized carbons (Fsp3) is 0.389. The highest BCUT2D eigenvalue weighted by atomic mass is 14.9. The van der Waals surface area contributed by atoms with Crippen LogP contribution in [0.3, 0.4) is 0 Å². The molecule has 1 atom stereocenters. The molecule has 0 radical (unpaired) electrons. The molecule has 1 aliphatic heterocycles. The number of benzene rings is 1. The molecule has 0 saturated heterocycles. The Bertz CT molecular complexity index is 577. The topological polar surface area (TPSA) is 37.0 Å². The first kappa shape index (κ1) is 14.1. The van der Waals surface area contributed by atoms with E-state index in [1.807, 2.05) is 13.1 Å². The number of aryl methyl sites for hydroxylation is 1. The molecule has 2 heterocycles. The first-order valence-electron chi connectivity index (χ1n) is 7.80. The van der Waals surface area contributed by atoms with E-state index in [1.165, 1.54) is 29.7 Å². The normalized spacial score (nSPS) is 17.7. The van der Waals surface area contributed by atoms with Crippen molar-refractivity contribution >= 4 is 5.69 Å². The van der Waals surface area contributed by atoms with Crippen LogP contribution in [0.4, 0.5) is 5.69 Å². The van der Waals surface area contributed by atoms with Crippen molar-refractivity contribution in [3.05, 3.63) is 59.4 Å². The average Bonchev–Trinajstić information content (AvgIpc) is 2.72. The monoisotopic (exact) mass is 281 g/mol. The van der Waals surface area contributed by atoms with E-state index in [1.54, 1.807) is 0 Å². The molecule has 1 aliphatic rings. The van der Waals surface area contributed by atoms with Gasteiger partial charge >= 0.3 is 0 Å². The summed E-state index contributed by atoms with van der Waals surface area (Å²) in [6.07, 6.45) is 5.41. The summed E-state index contributed by atoms with van der Waals surface area (Å²) in [7, 11) is 0. The minimum Gasteiger partial charge on any atom is -0.385 e. The number of rotatable bonds is 4. The zero-order valence-corrected chi connectivity index (χ0v) is 12.6. The van der Waals surface area contributed by atoms with Gasteiger partial charge < -0.3 is 10.6 Å². The Morgan fingerprint density at radius 1 is 1.24 bits per heavy atom. The van der Waals surface area contributed by atoms with Crippen molar-refractivity contribution in [3.8, 4) is 0 Å². The highest BCUT2D eigenvalue weighted by Crippen LogP contribution is 2.28. The second-order valence-corrected chi connectivity index (χ2v) is 5.72. The SMILES string of the molecule is Cc1ccc(CCNC2CCCNc3ccccc32)cn1.